The number of hydrogen-bond donors (Lipinski definition) is 1. The normalized spacial score (nSPS) is 19.6. The van der Waals surface area contributed by atoms with Gasteiger partial charge >= 0.3 is 0 Å². The topological polar surface area (TPSA) is 54.4 Å². The average Bonchev–Trinajstić information content (AvgIpc) is 3.33. The molecular formula is C24H41IN6O. The highest BCUT2D eigenvalue weighted by Gasteiger charge is 2.30. The lowest BCUT2D eigenvalue weighted by Gasteiger charge is -2.39. The highest BCUT2D eigenvalue weighted by atomic mass is 127. The van der Waals surface area contributed by atoms with Crippen LogP contribution in [0.3, 0.4) is 0 Å². The summed E-state index contributed by atoms with van der Waals surface area (Å²) in [6, 6.07) is 10.8. The third-order valence-corrected chi connectivity index (χ3v) is 6.49. The number of benzene rings is 1. The van der Waals surface area contributed by atoms with Crippen molar-refractivity contribution in [1.29, 1.82) is 0 Å². The molecule has 1 aromatic carbocycles. The summed E-state index contributed by atoms with van der Waals surface area (Å²) in [6.07, 6.45) is 2.29. The number of amides is 1. The molecule has 0 aliphatic carbocycles. The molecule has 2 atom stereocenters. The van der Waals surface area contributed by atoms with Crippen molar-refractivity contribution in [1.82, 2.24) is 24.9 Å². The Bertz CT molecular complexity index is 714. The number of likely N-dealkylation sites (N-methyl/N-ethyl adjacent to an activating group) is 1. The van der Waals surface area contributed by atoms with Gasteiger partial charge in [0.2, 0.25) is 5.91 Å². The maximum absolute atomic E-state index is 12.8. The summed E-state index contributed by atoms with van der Waals surface area (Å²) in [7, 11) is 4.22. The maximum Gasteiger partial charge on any atom is 0.239 e. The monoisotopic (exact) mass is 556 g/mol. The van der Waals surface area contributed by atoms with Gasteiger partial charge in [0.05, 0.1) is 18.6 Å². The summed E-state index contributed by atoms with van der Waals surface area (Å²) in [5.74, 6) is 1.27. The van der Waals surface area contributed by atoms with Crippen LogP contribution in [0.2, 0.25) is 0 Å². The Morgan fingerprint density at radius 2 is 1.66 bits per heavy atom. The molecule has 8 heteroatoms. The SMILES string of the molecule is CCNC(=NCC(c1ccccc1)N(C)C)N1CCN(C(C)C(=O)N2CCCC2)CC1.I. The molecule has 0 radical (unpaired) electrons. The molecule has 1 N–H and O–H groups in total. The van der Waals surface area contributed by atoms with E-state index in [9.17, 15) is 4.79 Å². The molecule has 2 unspecified atom stereocenters. The van der Waals surface area contributed by atoms with Crippen LogP contribution in [0.1, 0.15) is 38.3 Å². The van der Waals surface area contributed by atoms with Gasteiger partial charge in [-0.15, -0.1) is 24.0 Å². The Hall–Kier alpha value is -1.39. The van der Waals surface area contributed by atoms with E-state index in [1.54, 1.807) is 0 Å². The summed E-state index contributed by atoms with van der Waals surface area (Å²) in [5, 5.41) is 3.47. The van der Waals surface area contributed by atoms with Gasteiger partial charge in [0.1, 0.15) is 0 Å². The zero-order valence-electron chi connectivity index (χ0n) is 20.2. The van der Waals surface area contributed by atoms with Crippen LogP contribution in [0, 0.1) is 0 Å². The molecule has 0 bridgehead atoms. The molecule has 3 rings (SSSR count). The van der Waals surface area contributed by atoms with Crippen LogP contribution in [0.15, 0.2) is 35.3 Å². The fraction of sp³-hybridized carbons (Fsp3) is 0.667. The minimum atomic E-state index is -0.0315. The Balaban J connectivity index is 0.00000363. The highest BCUT2D eigenvalue weighted by Crippen LogP contribution is 2.19. The second kappa shape index (κ2) is 13.3. The molecule has 2 aliphatic rings. The van der Waals surface area contributed by atoms with Crippen molar-refractivity contribution in [2.24, 2.45) is 4.99 Å². The lowest BCUT2D eigenvalue weighted by atomic mass is 10.1. The summed E-state index contributed by atoms with van der Waals surface area (Å²) >= 11 is 0. The number of halogens is 1. The van der Waals surface area contributed by atoms with Crippen LogP contribution >= 0.6 is 24.0 Å². The fourth-order valence-electron chi connectivity index (χ4n) is 4.52. The first kappa shape index (κ1) is 26.9. The minimum Gasteiger partial charge on any atom is -0.357 e. The van der Waals surface area contributed by atoms with Gasteiger partial charge in [0, 0.05) is 45.8 Å². The lowest BCUT2D eigenvalue weighted by molar-refractivity contribution is -0.135. The van der Waals surface area contributed by atoms with E-state index < -0.39 is 0 Å². The number of likely N-dealkylation sites (tertiary alicyclic amines) is 1. The lowest BCUT2D eigenvalue weighted by Crippen LogP contribution is -2.57. The standard InChI is InChI=1S/C24H40N6O.HI/c1-5-25-24(26-19-22(27(3)4)21-11-7-6-8-12-21)30-17-15-28(16-18-30)20(2)23(31)29-13-9-10-14-29;/h6-8,11-12,20,22H,5,9-10,13-19H2,1-4H3,(H,25,26);1H. The number of piperazine rings is 1. The van der Waals surface area contributed by atoms with Gasteiger partial charge in [-0.3, -0.25) is 14.7 Å². The zero-order chi connectivity index (χ0) is 22.2. The number of nitrogens with zero attached hydrogens (tertiary/aromatic N) is 5. The highest BCUT2D eigenvalue weighted by molar-refractivity contribution is 14.0. The Kier molecular flexibility index (Phi) is 11.2. The number of nitrogens with one attached hydrogen (secondary N) is 1. The quantitative estimate of drug-likeness (QED) is 0.318. The second-order valence-corrected chi connectivity index (χ2v) is 8.82. The van der Waals surface area contributed by atoms with Gasteiger partial charge in [-0.1, -0.05) is 30.3 Å². The summed E-state index contributed by atoms with van der Waals surface area (Å²) < 4.78 is 0. The molecule has 2 fully saturated rings. The van der Waals surface area contributed by atoms with Gasteiger partial charge in [0.25, 0.3) is 0 Å². The van der Waals surface area contributed by atoms with E-state index >= 15 is 0 Å². The van der Waals surface area contributed by atoms with Gasteiger partial charge < -0.3 is 20.0 Å². The maximum atomic E-state index is 12.8. The smallest absolute Gasteiger partial charge is 0.239 e. The van der Waals surface area contributed by atoms with Crippen LogP contribution in [-0.2, 0) is 4.79 Å². The molecular weight excluding hydrogens is 515 g/mol. The first-order chi connectivity index (χ1) is 15.0. The number of rotatable bonds is 7. The van der Waals surface area contributed by atoms with Crippen molar-refractivity contribution in [2.45, 2.75) is 38.8 Å². The molecule has 1 amide bonds. The molecule has 0 saturated carbocycles. The van der Waals surface area contributed by atoms with Gasteiger partial charge in [0.15, 0.2) is 5.96 Å². The van der Waals surface area contributed by atoms with Crippen LogP contribution in [0.25, 0.3) is 0 Å². The van der Waals surface area contributed by atoms with Gasteiger partial charge in [-0.25, -0.2) is 0 Å². The van der Waals surface area contributed by atoms with Crippen LogP contribution in [0.4, 0.5) is 0 Å². The number of carbonyl (C=O) groups excluding carboxylic acids is 1. The predicted octanol–water partition coefficient (Wildman–Crippen LogP) is 2.50. The van der Waals surface area contributed by atoms with Crippen molar-refractivity contribution in [2.75, 3.05) is 66.5 Å². The van der Waals surface area contributed by atoms with Crippen molar-refractivity contribution in [3.05, 3.63) is 35.9 Å². The van der Waals surface area contributed by atoms with Gasteiger partial charge in [-0.05, 0) is 46.3 Å². The van der Waals surface area contributed by atoms with Crippen molar-refractivity contribution in [3.63, 3.8) is 0 Å². The summed E-state index contributed by atoms with van der Waals surface area (Å²) in [6.45, 7) is 11.2. The van der Waals surface area contributed by atoms with Gasteiger partial charge in [-0.2, -0.15) is 0 Å². The number of guanidine groups is 1. The first-order valence-electron chi connectivity index (χ1n) is 11.8. The second-order valence-electron chi connectivity index (χ2n) is 8.82. The van der Waals surface area contributed by atoms with E-state index in [0.29, 0.717) is 12.5 Å². The molecule has 0 spiro atoms. The largest absolute Gasteiger partial charge is 0.357 e. The summed E-state index contributed by atoms with van der Waals surface area (Å²) in [5.41, 5.74) is 1.28. The van der Waals surface area contributed by atoms with Crippen LogP contribution in [0.5, 0.6) is 0 Å². The third-order valence-electron chi connectivity index (χ3n) is 6.49. The van der Waals surface area contributed by atoms with E-state index in [1.807, 2.05) is 4.90 Å². The Labute approximate surface area is 211 Å². The molecule has 180 valence electrons. The van der Waals surface area contributed by atoms with Crippen molar-refractivity contribution >= 4 is 35.8 Å². The van der Waals surface area contributed by atoms with E-state index in [-0.39, 0.29) is 36.1 Å². The number of hydrogen-bond acceptors (Lipinski definition) is 4. The number of carbonyl (C=O) groups is 1. The van der Waals surface area contributed by atoms with Crippen molar-refractivity contribution < 1.29 is 4.79 Å². The molecule has 1 aromatic rings. The minimum absolute atomic E-state index is 0. The molecule has 7 nitrogen and oxygen atoms in total. The van der Waals surface area contributed by atoms with Crippen molar-refractivity contribution in [3.8, 4) is 0 Å². The molecule has 2 aliphatic heterocycles. The first-order valence-corrected chi connectivity index (χ1v) is 11.8. The number of aliphatic imine (C=N–C) groups is 1. The zero-order valence-corrected chi connectivity index (χ0v) is 22.5. The summed E-state index contributed by atoms with van der Waals surface area (Å²) in [4.78, 5) is 26.7. The van der Waals surface area contributed by atoms with Crippen LogP contribution in [-0.4, -0.2) is 104 Å². The van der Waals surface area contributed by atoms with E-state index in [0.717, 1.165) is 64.6 Å². The van der Waals surface area contributed by atoms with E-state index in [4.69, 9.17) is 4.99 Å². The Morgan fingerprint density at radius 1 is 1.03 bits per heavy atom. The fourth-order valence-corrected chi connectivity index (χ4v) is 4.52. The van der Waals surface area contributed by atoms with E-state index in [1.165, 1.54) is 5.56 Å². The van der Waals surface area contributed by atoms with E-state index in [2.05, 4.69) is 78.3 Å². The molecule has 0 aromatic heterocycles. The van der Waals surface area contributed by atoms with Crippen LogP contribution < -0.4 is 5.32 Å². The Morgan fingerprint density at radius 3 is 2.22 bits per heavy atom. The predicted molar refractivity (Wildman–Crippen MR) is 143 cm³/mol. The molecule has 2 saturated heterocycles. The average molecular weight is 557 g/mol. The molecule has 2 heterocycles. The third kappa shape index (κ3) is 7.05. The molecule has 32 heavy (non-hydrogen) atoms.